The summed E-state index contributed by atoms with van der Waals surface area (Å²) in [5.74, 6) is -0.382. The van der Waals surface area contributed by atoms with Crippen LogP contribution >= 0.6 is 0 Å². The molecule has 0 aromatic carbocycles. The van der Waals surface area contributed by atoms with E-state index in [4.69, 9.17) is 14.0 Å². The fourth-order valence-electron chi connectivity index (χ4n) is 1.87. The number of pyridine rings is 1. The molecule has 0 amide bonds. The number of rotatable bonds is 3. The Hall–Kier alpha value is -2.63. The average Bonchev–Trinajstić information content (AvgIpc) is 2.95. The molecule has 96 valence electrons. The normalized spacial score (nSPS) is 11.0. The number of nitrogens with zero attached hydrogens (tertiary/aromatic N) is 2. The molecule has 0 radical (unpaired) electrons. The number of aryl methyl sites for hydroxylation is 1. The molecule has 3 rings (SSSR count). The Morgan fingerprint density at radius 3 is 2.95 bits per heavy atom. The van der Waals surface area contributed by atoms with Gasteiger partial charge in [0.15, 0.2) is 11.3 Å². The van der Waals surface area contributed by atoms with Gasteiger partial charge in [-0.1, -0.05) is 5.16 Å². The predicted molar refractivity (Wildman–Crippen MR) is 65.6 cm³/mol. The standard InChI is InChI=1S/C13H10N2O4/c1-7-4-11(19-15-7)9-2-3-10-13(14-9)8(6-18-10)5-12(16)17/h2-4,6H,5H2,1H3,(H,16,17). The van der Waals surface area contributed by atoms with E-state index in [1.807, 2.05) is 6.92 Å². The maximum absolute atomic E-state index is 10.8. The second-order valence-electron chi connectivity index (χ2n) is 4.21. The molecule has 0 atom stereocenters. The Kier molecular flexibility index (Phi) is 2.56. The van der Waals surface area contributed by atoms with Gasteiger partial charge in [-0.3, -0.25) is 4.79 Å². The first kappa shape index (κ1) is 11.5. The molecule has 0 unspecified atom stereocenters. The monoisotopic (exact) mass is 258 g/mol. The minimum Gasteiger partial charge on any atom is -0.481 e. The molecule has 0 bridgehead atoms. The molecule has 19 heavy (non-hydrogen) atoms. The van der Waals surface area contributed by atoms with Crippen LogP contribution in [0.1, 0.15) is 11.3 Å². The van der Waals surface area contributed by atoms with Gasteiger partial charge in [0.05, 0.1) is 18.4 Å². The van der Waals surface area contributed by atoms with E-state index in [1.165, 1.54) is 6.26 Å². The molecule has 0 aliphatic carbocycles. The van der Waals surface area contributed by atoms with Crippen molar-refractivity contribution in [3.63, 3.8) is 0 Å². The SMILES string of the molecule is Cc1cc(-c2ccc3occ(CC(=O)O)c3n2)on1. The second kappa shape index (κ2) is 4.24. The van der Waals surface area contributed by atoms with Crippen molar-refractivity contribution in [1.29, 1.82) is 0 Å². The van der Waals surface area contributed by atoms with Crippen LogP contribution in [0.3, 0.4) is 0 Å². The fourth-order valence-corrected chi connectivity index (χ4v) is 1.87. The molecule has 3 heterocycles. The zero-order valence-electron chi connectivity index (χ0n) is 10.1. The van der Waals surface area contributed by atoms with E-state index in [9.17, 15) is 4.79 Å². The minimum atomic E-state index is -0.926. The van der Waals surface area contributed by atoms with Gasteiger partial charge in [0.1, 0.15) is 11.2 Å². The van der Waals surface area contributed by atoms with E-state index < -0.39 is 5.97 Å². The third-order valence-corrected chi connectivity index (χ3v) is 2.71. The van der Waals surface area contributed by atoms with Crippen LogP contribution in [-0.4, -0.2) is 21.2 Å². The lowest BCUT2D eigenvalue weighted by molar-refractivity contribution is -0.136. The van der Waals surface area contributed by atoms with Gasteiger partial charge in [0.2, 0.25) is 0 Å². The van der Waals surface area contributed by atoms with Gasteiger partial charge >= 0.3 is 5.97 Å². The molecule has 0 spiro atoms. The van der Waals surface area contributed by atoms with Gasteiger partial charge in [0, 0.05) is 11.6 Å². The summed E-state index contributed by atoms with van der Waals surface area (Å²) >= 11 is 0. The van der Waals surface area contributed by atoms with Crippen LogP contribution in [0, 0.1) is 6.92 Å². The summed E-state index contributed by atoms with van der Waals surface area (Å²) in [5, 5.41) is 12.6. The van der Waals surface area contributed by atoms with E-state index in [-0.39, 0.29) is 6.42 Å². The largest absolute Gasteiger partial charge is 0.481 e. The maximum Gasteiger partial charge on any atom is 0.308 e. The molecular weight excluding hydrogens is 248 g/mol. The number of carboxylic acid groups (broad SMARTS) is 1. The summed E-state index contributed by atoms with van der Waals surface area (Å²) in [7, 11) is 0. The van der Waals surface area contributed by atoms with Crippen LogP contribution in [0.4, 0.5) is 0 Å². The molecule has 0 aliphatic heterocycles. The number of furan rings is 1. The van der Waals surface area contributed by atoms with Gasteiger partial charge in [-0.05, 0) is 19.1 Å². The molecular formula is C13H10N2O4. The zero-order valence-corrected chi connectivity index (χ0v) is 10.1. The smallest absolute Gasteiger partial charge is 0.308 e. The topological polar surface area (TPSA) is 89.4 Å². The Morgan fingerprint density at radius 1 is 1.42 bits per heavy atom. The van der Waals surface area contributed by atoms with Crippen molar-refractivity contribution in [1.82, 2.24) is 10.1 Å². The number of carboxylic acids is 1. The third kappa shape index (κ3) is 2.08. The molecule has 3 aromatic rings. The molecule has 0 saturated carbocycles. The third-order valence-electron chi connectivity index (χ3n) is 2.71. The number of hydrogen-bond acceptors (Lipinski definition) is 5. The van der Waals surface area contributed by atoms with Crippen molar-refractivity contribution in [3.05, 3.63) is 35.7 Å². The summed E-state index contributed by atoms with van der Waals surface area (Å²) < 4.78 is 10.4. The lowest BCUT2D eigenvalue weighted by atomic mass is 10.2. The van der Waals surface area contributed by atoms with Crippen LogP contribution in [0.2, 0.25) is 0 Å². The first-order chi connectivity index (χ1) is 9.13. The lowest BCUT2D eigenvalue weighted by Crippen LogP contribution is -1.99. The molecule has 0 saturated heterocycles. The zero-order chi connectivity index (χ0) is 13.4. The van der Waals surface area contributed by atoms with Crippen molar-refractivity contribution in [2.24, 2.45) is 0 Å². The molecule has 0 aliphatic rings. The van der Waals surface area contributed by atoms with Crippen LogP contribution in [-0.2, 0) is 11.2 Å². The van der Waals surface area contributed by atoms with E-state index in [2.05, 4.69) is 10.1 Å². The van der Waals surface area contributed by atoms with Crippen LogP contribution in [0.15, 0.2) is 33.4 Å². The van der Waals surface area contributed by atoms with Crippen molar-refractivity contribution >= 4 is 17.1 Å². The number of aliphatic carboxylic acids is 1. The van der Waals surface area contributed by atoms with Gasteiger partial charge in [-0.2, -0.15) is 0 Å². The summed E-state index contributed by atoms with van der Waals surface area (Å²) in [6, 6.07) is 5.25. The molecule has 3 aromatic heterocycles. The predicted octanol–water partition coefficient (Wildman–Crippen LogP) is 2.42. The highest BCUT2D eigenvalue weighted by atomic mass is 16.5. The Morgan fingerprint density at radius 2 is 2.26 bits per heavy atom. The number of hydrogen-bond donors (Lipinski definition) is 1. The summed E-state index contributed by atoms with van der Waals surface area (Å²) in [4.78, 5) is 15.2. The van der Waals surface area contributed by atoms with E-state index in [0.717, 1.165) is 5.69 Å². The highest BCUT2D eigenvalue weighted by Gasteiger charge is 2.13. The van der Waals surface area contributed by atoms with Gasteiger partial charge in [-0.25, -0.2) is 4.98 Å². The maximum atomic E-state index is 10.8. The molecule has 0 fully saturated rings. The fraction of sp³-hybridized carbons (Fsp3) is 0.154. The summed E-state index contributed by atoms with van der Waals surface area (Å²) in [6.07, 6.45) is 1.29. The van der Waals surface area contributed by atoms with Crippen LogP contribution < -0.4 is 0 Å². The van der Waals surface area contributed by atoms with Gasteiger partial charge in [-0.15, -0.1) is 0 Å². The Balaban J connectivity index is 2.10. The number of fused-ring (bicyclic) bond motifs is 1. The number of aromatic nitrogens is 2. The van der Waals surface area contributed by atoms with Gasteiger partial charge < -0.3 is 14.0 Å². The first-order valence-corrected chi connectivity index (χ1v) is 5.66. The minimum absolute atomic E-state index is 0.126. The van der Waals surface area contributed by atoms with E-state index in [1.54, 1.807) is 18.2 Å². The van der Waals surface area contributed by atoms with Crippen LogP contribution in [0.5, 0.6) is 0 Å². The summed E-state index contributed by atoms with van der Waals surface area (Å²) in [6.45, 7) is 1.82. The van der Waals surface area contributed by atoms with Crippen LogP contribution in [0.25, 0.3) is 22.6 Å². The molecule has 1 N–H and O–H groups in total. The van der Waals surface area contributed by atoms with Crippen molar-refractivity contribution in [2.75, 3.05) is 0 Å². The van der Waals surface area contributed by atoms with Gasteiger partial charge in [0.25, 0.3) is 0 Å². The second-order valence-corrected chi connectivity index (χ2v) is 4.21. The first-order valence-electron chi connectivity index (χ1n) is 5.66. The average molecular weight is 258 g/mol. The van der Waals surface area contributed by atoms with Crippen molar-refractivity contribution in [3.8, 4) is 11.5 Å². The highest BCUT2D eigenvalue weighted by molar-refractivity contribution is 5.83. The highest BCUT2D eigenvalue weighted by Crippen LogP contribution is 2.25. The summed E-state index contributed by atoms with van der Waals surface area (Å²) in [5.41, 5.74) is 2.99. The molecule has 6 heteroatoms. The molecule has 6 nitrogen and oxygen atoms in total. The van der Waals surface area contributed by atoms with Crippen molar-refractivity contribution < 1.29 is 18.8 Å². The Bertz CT molecular complexity index is 757. The van der Waals surface area contributed by atoms with Crippen molar-refractivity contribution in [2.45, 2.75) is 13.3 Å². The quantitative estimate of drug-likeness (QED) is 0.775. The van der Waals surface area contributed by atoms with E-state index >= 15 is 0 Å². The lowest BCUT2D eigenvalue weighted by Gasteiger charge is -1.96. The van der Waals surface area contributed by atoms with E-state index in [0.29, 0.717) is 28.1 Å². The Labute approximate surface area is 107 Å². The number of carbonyl (C=O) groups is 1.